The van der Waals surface area contributed by atoms with E-state index in [1.807, 2.05) is 13.0 Å². The predicted molar refractivity (Wildman–Crippen MR) is 125 cm³/mol. The molecule has 7 nitrogen and oxygen atoms in total. The van der Waals surface area contributed by atoms with Gasteiger partial charge in [-0.2, -0.15) is 4.98 Å². The van der Waals surface area contributed by atoms with Gasteiger partial charge in [0, 0.05) is 56.3 Å². The van der Waals surface area contributed by atoms with Gasteiger partial charge in [0.2, 0.25) is 5.95 Å². The second kappa shape index (κ2) is 10.3. The first-order chi connectivity index (χ1) is 15.9. The fraction of sp³-hybridized carbons (Fsp3) is 0.417. The second-order valence-corrected chi connectivity index (χ2v) is 8.35. The molecule has 3 aromatic rings. The molecule has 33 heavy (non-hydrogen) atoms. The lowest BCUT2D eigenvalue weighted by Gasteiger charge is -2.41. The summed E-state index contributed by atoms with van der Waals surface area (Å²) < 4.78 is 33.9. The molecular weight excluding hydrogens is 426 g/mol. The highest BCUT2D eigenvalue weighted by molar-refractivity contribution is 5.64. The highest BCUT2D eigenvalue weighted by Crippen LogP contribution is 2.26. The fourth-order valence-electron chi connectivity index (χ4n) is 4.15. The molecule has 0 aliphatic carbocycles. The number of ether oxygens (including phenoxy) is 1. The Labute approximate surface area is 193 Å². The summed E-state index contributed by atoms with van der Waals surface area (Å²) in [7, 11) is 0. The average molecular weight is 457 g/mol. The normalized spacial score (nSPS) is 16.9. The van der Waals surface area contributed by atoms with Crippen LogP contribution in [0.5, 0.6) is 0 Å². The summed E-state index contributed by atoms with van der Waals surface area (Å²) in [6.45, 7) is 11.7. The van der Waals surface area contributed by atoms with Crippen LogP contribution in [0.2, 0.25) is 0 Å². The van der Waals surface area contributed by atoms with Crippen molar-refractivity contribution in [3.8, 4) is 5.69 Å². The van der Waals surface area contributed by atoms with Crippen molar-refractivity contribution < 1.29 is 13.5 Å². The van der Waals surface area contributed by atoms with Crippen LogP contribution in [0, 0.1) is 18.6 Å². The number of nitrogens with one attached hydrogen (secondary N) is 1. The maximum atomic E-state index is 13.5. The quantitative estimate of drug-likeness (QED) is 0.514. The van der Waals surface area contributed by atoms with E-state index in [0.29, 0.717) is 12.0 Å². The maximum absolute atomic E-state index is 13.5. The van der Waals surface area contributed by atoms with Crippen LogP contribution in [0.15, 0.2) is 42.7 Å². The van der Waals surface area contributed by atoms with Crippen LogP contribution in [0.4, 0.5) is 26.1 Å². The Hall–Kier alpha value is -3.04. The first-order valence-corrected chi connectivity index (χ1v) is 11.2. The van der Waals surface area contributed by atoms with Crippen LogP contribution < -0.4 is 10.2 Å². The number of piperazine rings is 1. The first kappa shape index (κ1) is 23.1. The molecule has 4 rings (SSSR count). The highest BCUT2D eigenvalue weighted by Gasteiger charge is 2.24. The van der Waals surface area contributed by atoms with Gasteiger partial charge in [-0.25, -0.2) is 13.5 Å². The van der Waals surface area contributed by atoms with Crippen molar-refractivity contribution in [3.63, 3.8) is 0 Å². The molecule has 1 aromatic heterocycles. The van der Waals surface area contributed by atoms with Crippen molar-refractivity contribution >= 4 is 17.3 Å². The van der Waals surface area contributed by atoms with Crippen LogP contribution in [-0.4, -0.2) is 65.1 Å². The van der Waals surface area contributed by atoms with Crippen LogP contribution in [0.3, 0.4) is 0 Å². The molecule has 176 valence electrons. The third kappa shape index (κ3) is 5.85. The summed E-state index contributed by atoms with van der Waals surface area (Å²) in [5, 5.41) is 7.53. The van der Waals surface area contributed by atoms with Gasteiger partial charge in [0.15, 0.2) is 0 Å². The van der Waals surface area contributed by atoms with Crippen molar-refractivity contribution in [2.45, 2.75) is 26.8 Å². The molecule has 9 heteroatoms. The van der Waals surface area contributed by atoms with Gasteiger partial charge in [-0.15, -0.1) is 5.10 Å². The second-order valence-electron chi connectivity index (χ2n) is 8.35. The Morgan fingerprint density at radius 1 is 1.06 bits per heavy atom. The summed E-state index contributed by atoms with van der Waals surface area (Å²) in [4.78, 5) is 9.10. The summed E-state index contributed by atoms with van der Waals surface area (Å²) in [6.07, 6.45) is 1.43. The van der Waals surface area contributed by atoms with Crippen LogP contribution in [0.25, 0.3) is 5.69 Å². The molecule has 1 N–H and O–H groups in total. The number of hydrogen-bond donors (Lipinski definition) is 1. The number of halogens is 2. The van der Waals surface area contributed by atoms with E-state index < -0.39 is 11.6 Å². The monoisotopic (exact) mass is 456 g/mol. The third-order valence-corrected chi connectivity index (χ3v) is 5.78. The van der Waals surface area contributed by atoms with Gasteiger partial charge in [0.05, 0.1) is 12.3 Å². The molecule has 1 unspecified atom stereocenters. The Morgan fingerprint density at radius 3 is 2.58 bits per heavy atom. The molecule has 1 aliphatic heterocycles. The SMILES string of the molecule is CCOCCN1CCN(c2cc(C)cc(Nc3ncn(-c4cc(F)cc(F)c4)n3)c2)CC1C. The minimum atomic E-state index is -0.662. The Morgan fingerprint density at radius 2 is 1.85 bits per heavy atom. The number of nitrogens with zero attached hydrogens (tertiary/aromatic N) is 5. The van der Waals surface area contributed by atoms with E-state index in [0.717, 1.165) is 62.4 Å². The van der Waals surface area contributed by atoms with Crippen LogP contribution >= 0.6 is 0 Å². The molecule has 0 bridgehead atoms. The summed E-state index contributed by atoms with van der Waals surface area (Å²) in [5.41, 5.74) is 3.39. The van der Waals surface area contributed by atoms with E-state index in [-0.39, 0.29) is 5.69 Å². The molecule has 2 aromatic carbocycles. The zero-order valence-corrected chi connectivity index (χ0v) is 19.3. The third-order valence-electron chi connectivity index (χ3n) is 5.78. The van der Waals surface area contributed by atoms with Gasteiger partial charge in [-0.05, 0) is 56.7 Å². The molecule has 0 spiro atoms. The number of hydrogen-bond acceptors (Lipinski definition) is 6. The number of aromatic nitrogens is 3. The van der Waals surface area contributed by atoms with Gasteiger partial charge < -0.3 is 15.0 Å². The summed E-state index contributed by atoms with van der Waals surface area (Å²) in [6, 6.07) is 9.96. The summed E-state index contributed by atoms with van der Waals surface area (Å²) >= 11 is 0. The van der Waals surface area contributed by atoms with Gasteiger partial charge in [-0.3, -0.25) is 4.90 Å². The highest BCUT2D eigenvalue weighted by atomic mass is 19.1. The van der Waals surface area contributed by atoms with Crippen molar-refractivity contribution in [1.82, 2.24) is 19.7 Å². The topological polar surface area (TPSA) is 58.5 Å². The summed E-state index contributed by atoms with van der Waals surface area (Å²) in [5.74, 6) is -0.971. The Balaban J connectivity index is 1.45. The zero-order valence-electron chi connectivity index (χ0n) is 19.3. The average Bonchev–Trinajstić information content (AvgIpc) is 3.22. The van der Waals surface area contributed by atoms with Crippen LogP contribution in [-0.2, 0) is 4.74 Å². The molecule has 1 aliphatic rings. The van der Waals surface area contributed by atoms with Crippen molar-refractivity contribution in [1.29, 1.82) is 0 Å². The van der Waals surface area contributed by atoms with E-state index >= 15 is 0 Å². The largest absolute Gasteiger partial charge is 0.380 e. The fourth-order valence-corrected chi connectivity index (χ4v) is 4.15. The minimum Gasteiger partial charge on any atom is -0.380 e. The smallest absolute Gasteiger partial charge is 0.246 e. The van der Waals surface area contributed by atoms with Crippen molar-refractivity contribution in [2.75, 3.05) is 49.6 Å². The molecule has 0 saturated carbocycles. The number of anilines is 3. The van der Waals surface area contributed by atoms with E-state index in [1.165, 1.54) is 23.1 Å². The van der Waals surface area contributed by atoms with E-state index in [1.54, 1.807) is 0 Å². The number of rotatable bonds is 8. The first-order valence-electron chi connectivity index (χ1n) is 11.2. The predicted octanol–water partition coefficient (Wildman–Crippen LogP) is 4.14. The number of aryl methyl sites for hydroxylation is 1. The van der Waals surface area contributed by atoms with E-state index in [9.17, 15) is 8.78 Å². The standard InChI is InChI=1S/C24H30F2N6O/c1-4-33-8-7-30-5-6-31(15-18(30)3)22-10-17(2)9-21(14-22)28-24-27-16-32(29-24)23-12-19(25)11-20(26)13-23/h9-14,16,18H,4-8,15H2,1-3H3,(H,28,29). The maximum Gasteiger partial charge on any atom is 0.246 e. The van der Waals surface area contributed by atoms with Gasteiger partial charge in [0.1, 0.15) is 18.0 Å². The van der Waals surface area contributed by atoms with Crippen molar-refractivity contribution in [3.05, 3.63) is 59.9 Å². The number of benzene rings is 2. The lowest BCUT2D eigenvalue weighted by molar-refractivity contribution is 0.0926. The minimum absolute atomic E-state index is 0.272. The molecule has 0 radical (unpaired) electrons. The molecule has 2 heterocycles. The van der Waals surface area contributed by atoms with E-state index in [4.69, 9.17) is 4.74 Å². The molecular formula is C24H30F2N6O. The lowest BCUT2D eigenvalue weighted by Crippen LogP contribution is -2.52. The molecule has 1 atom stereocenters. The van der Waals surface area contributed by atoms with Crippen molar-refractivity contribution in [2.24, 2.45) is 0 Å². The Bertz CT molecular complexity index is 1070. The molecule has 1 saturated heterocycles. The lowest BCUT2D eigenvalue weighted by atomic mass is 10.1. The zero-order chi connectivity index (χ0) is 23.4. The van der Waals surface area contributed by atoms with Gasteiger partial charge >= 0.3 is 0 Å². The van der Waals surface area contributed by atoms with Gasteiger partial charge in [-0.1, -0.05) is 0 Å². The van der Waals surface area contributed by atoms with Gasteiger partial charge in [0.25, 0.3) is 0 Å². The van der Waals surface area contributed by atoms with Crippen LogP contribution in [0.1, 0.15) is 19.4 Å². The Kier molecular flexibility index (Phi) is 7.20. The molecule has 0 amide bonds. The van der Waals surface area contributed by atoms with E-state index in [2.05, 4.69) is 51.2 Å². The molecule has 1 fully saturated rings.